The molecule has 3 aromatic carbocycles. The molecule has 0 radical (unpaired) electrons. The molecule has 0 spiro atoms. The van der Waals surface area contributed by atoms with E-state index < -0.39 is 10.8 Å². The molecule has 0 aliphatic carbocycles. The van der Waals surface area contributed by atoms with Gasteiger partial charge in [-0.25, -0.2) is 0 Å². The largest absolute Gasteiger partial charge is 0.496 e. The number of nitrogens with one attached hydrogen (secondary N) is 1. The lowest BCUT2D eigenvalue weighted by Crippen LogP contribution is -2.14. The minimum Gasteiger partial charge on any atom is -0.496 e. The summed E-state index contributed by atoms with van der Waals surface area (Å²) in [6, 6.07) is 16.0. The van der Waals surface area contributed by atoms with E-state index in [-0.39, 0.29) is 40.1 Å². The number of carbonyl (C=O) groups is 1. The number of halogens is 2. The van der Waals surface area contributed by atoms with Gasteiger partial charge >= 0.3 is 0 Å². The number of hydrogen-bond donors (Lipinski definition) is 1. The van der Waals surface area contributed by atoms with Gasteiger partial charge < -0.3 is 19.5 Å². The molecule has 0 aliphatic rings. The molecule has 0 fully saturated rings. The van der Waals surface area contributed by atoms with Crippen LogP contribution in [0.4, 0.5) is 11.4 Å². The summed E-state index contributed by atoms with van der Waals surface area (Å²) in [6.07, 6.45) is 1.29. The minimum atomic E-state index is -0.844. The van der Waals surface area contributed by atoms with Gasteiger partial charge in [-0.3, -0.25) is 14.9 Å². The zero-order chi connectivity index (χ0) is 26.9. The van der Waals surface area contributed by atoms with Crippen LogP contribution in [0.2, 0.25) is 10.0 Å². The second kappa shape index (κ2) is 12.6. The molecular formula is C26H21Cl2N3O6. The maximum Gasteiger partial charge on any atom is 0.296 e. The van der Waals surface area contributed by atoms with E-state index in [1.54, 1.807) is 31.2 Å². The van der Waals surface area contributed by atoms with E-state index in [0.29, 0.717) is 22.9 Å². The smallest absolute Gasteiger partial charge is 0.296 e. The van der Waals surface area contributed by atoms with Gasteiger partial charge in [-0.05, 0) is 48.9 Å². The monoisotopic (exact) mass is 541 g/mol. The van der Waals surface area contributed by atoms with Crippen molar-refractivity contribution >= 4 is 46.6 Å². The number of nitrogens with zero attached hydrogens (tertiary/aromatic N) is 2. The molecule has 190 valence electrons. The number of amides is 1. The molecule has 0 aliphatic heterocycles. The van der Waals surface area contributed by atoms with Crippen LogP contribution in [-0.2, 0) is 11.4 Å². The highest BCUT2D eigenvalue weighted by atomic mass is 35.5. The van der Waals surface area contributed by atoms with E-state index in [4.69, 9.17) is 37.4 Å². The first-order valence-electron chi connectivity index (χ1n) is 10.9. The van der Waals surface area contributed by atoms with E-state index in [1.807, 2.05) is 12.1 Å². The minimum absolute atomic E-state index is 0.0895. The first kappa shape index (κ1) is 27.3. The van der Waals surface area contributed by atoms with Gasteiger partial charge in [0, 0.05) is 10.6 Å². The van der Waals surface area contributed by atoms with Crippen LogP contribution in [0.1, 0.15) is 18.1 Å². The Balaban J connectivity index is 1.89. The number of carbonyl (C=O) groups excluding carboxylic acids is 1. The molecule has 37 heavy (non-hydrogen) atoms. The zero-order valence-corrected chi connectivity index (χ0v) is 21.3. The Hall–Kier alpha value is -4.26. The van der Waals surface area contributed by atoms with Gasteiger partial charge in [0.2, 0.25) is 0 Å². The van der Waals surface area contributed by atoms with Gasteiger partial charge in [0.15, 0.2) is 11.5 Å². The number of nitriles is 1. The highest BCUT2D eigenvalue weighted by Crippen LogP contribution is 2.38. The van der Waals surface area contributed by atoms with Gasteiger partial charge in [0.1, 0.15) is 29.7 Å². The second-order valence-corrected chi connectivity index (χ2v) is 8.22. The summed E-state index contributed by atoms with van der Waals surface area (Å²) in [6.45, 7) is 2.23. The summed E-state index contributed by atoms with van der Waals surface area (Å²) >= 11 is 12.7. The van der Waals surface area contributed by atoms with Gasteiger partial charge in [0.05, 0.1) is 29.7 Å². The number of ether oxygens (including phenoxy) is 3. The van der Waals surface area contributed by atoms with Crippen LogP contribution >= 0.6 is 23.2 Å². The molecule has 11 heteroatoms. The van der Waals surface area contributed by atoms with Gasteiger partial charge in [-0.1, -0.05) is 41.4 Å². The Morgan fingerprint density at radius 1 is 1.14 bits per heavy atom. The van der Waals surface area contributed by atoms with Crippen molar-refractivity contribution in [2.24, 2.45) is 0 Å². The number of nitro benzene ring substituents is 1. The van der Waals surface area contributed by atoms with Gasteiger partial charge in [-0.15, -0.1) is 0 Å². The maximum atomic E-state index is 12.8. The van der Waals surface area contributed by atoms with Crippen molar-refractivity contribution in [3.05, 3.63) is 91.5 Å². The molecule has 1 amide bonds. The third-order valence-electron chi connectivity index (χ3n) is 4.99. The molecule has 0 saturated carbocycles. The average Bonchev–Trinajstić information content (AvgIpc) is 2.88. The molecule has 0 bridgehead atoms. The van der Waals surface area contributed by atoms with Crippen LogP contribution in [0, 0.1) is 21.4 Å². The molecule has 3 aromatic rings. The van der Waals surface area contributed by atoms with Crippen molar-refractivity contribution in [1.82, 2.24) is 0 Å². The topological polar surface area (TPSA) is 124 Å². The quantitative estimate of drug-likeness (QED) is 0.135. The van der Waals surface area contributed by atoms with Crippen molar-refractivity contribution < 1.29 is 23.9 Å². The van der Waals surface area contributed by atoms with E-state index in [0.717, 1.165) is 5.56 Å². The summed E-state index contributed by atoms with van der Waals surface area (Å²) in [5.74, 6) is -0.0196. The lowest BCUT2D eigenvalue weighted by atomic mass is 10.1. The number of anilines is 1. The van der Waals surface area contributed by atoms with Crippen molar-refractivity contribution in [3.8, 4) is 23.3 Å². The number of hydrogen-bond acceptors (Lipinski definition) is 7. The molecule has 0 atom stereocenters. The van der Waals surface area contributed by atoms with E-state index in [1.165, 1.54) is 37.5 Å². The fourth-order valence-electron chi connectivity index (χ4n) is 3.24. The van der Waals surface area contributed by atoms with Gasteiger partial charge in [0.25, 0.3) is 11.6 Å². The molecule has 0 heterocycles. The van der Waals surface area contributed by atoms with Crippen molar-refractivity contribution in [3.63, 3.8) is 0 Å². The van der Waals surface area contributed by atoms with Crippen LogP contribution in [0.3, 0.4) is 0 Å². The number of nitro groups is 1. The van der Waals surface area contributed by atoms with Crippen LogP contribution in [0.5, 0.6) is 17.2 Å². The fourth-order valence-corrected chi connectivity index (χ4v) is 3.70. The Bertz CT molecular complexity index is 1400. The summed E-state index contributed by atoms with van der Waals surface area (Å²) < 4.78 is 16.5. The van der Waals surface area contributed by atoms with Crippen LogP contribution in [0.15, 0.2) is 60.2 Å². The van der Waals surface area contributed by atoms with Gasteiger partial charge in [-0.2, -0.15) is 5.26 Å². The Morgan fingerprint density at radius 2 is 1.89 bits per heavy atom. The number of rotatable bonds is 10. The summed E-state index contributed by atoms with van der Waals surface area (Å²) in [4.78, 5) is 23.5. The standard InChI is InChI=1S/C26H21Cl2N3O6/c1-3-36-24-12-16(11-21(28)25(24)37-15-17-6-4-5-7-20(17)27)10-18(14-29)26(32)30-22-9-8-19(35-2)13-23(22)31(33)34/h4-13H,3,15H2,1-2H3,(H,30,32)/b18-10+. The van der Waals surface area contributed by atoms with Crippen LogP contribution in [-0.4, -0.2) is 24.5 Å². The van der Waals surface area contributed by atoms with E-state index in [2.05, 4.69) is 5.32 Å². The SMILES string of the molecule is CCOc1cc(/C=C(\C#N)C(=O)Nc2ccc(OC)cc2[N+](=O)[O-])cc(Cl)c1OCc1ccccc1Cl. The first-order chi connectivity index (χ1) is 17.8. The predicted molar refractivity (Wildman–Crippen MR) is 140 cm³/mol. The molecule has 1 N–H and O–H groups in total. The zero-order valence-electron chi connectivity index (χ0n) is 19.8. The Morgan fingerprint density at radius 3 is 2.54 bits per heavy atom. The summed E-state index contributed by atoms with van der Waals surface area (Å²) in [7, 11) is 1.36. The third-order valence-corrected chi connectivity index (χ3v) is 5.64. The molecule has 0 saturated heterocycles. The fraction of sp³-hybridized carbons (Fsp3) is 0.154. The first-order valence-corrected chi connectivity index (χ1v) is 11.6. The van der Waals surface area contributed by atoms with E-state index in [9.17, 15) is 20.2 Å². The lowest BCUT2D eigenvalue weighted by Gasteiger charge is -2.15. The predicted octanol–water partition coefficient (Wildman–Crippen LogP) is 6.43. The molecular weight excluding hydrogens is 521 g/mol. The van der Waals surface area contributed by atoms with Crippen LogP contribution in [0.25, 0.3) is 6.08 Å². The maximum absolute atomic E-state index is 12.8. The molecule has 0 aromatic heterocycles. The third kappa shape index (κ3) is 6.91. The van der Waals surface area contributed by atoms with Crippen molar-refractivity contribution in [2.45, 2.75) is 13.5 Å². The average molecular weight is 542 g/mol. The van der Waals surface area contributed by atoms with E-state index >= 15 is 0 Å². The molecule has 0 unspecified atom stereocenters. The van der Waals surface area contributed by atoms with Crippen LogP contribution < -0.4 is 19.5 Å². The molecule has 9 nitrogen and oxygen atoms in total. The second-order valence-electron chi connectivity index (χ2n) is 7.41. The molecule has 3 rings (SSSR count). The number of methoxy groups -OCH3 is 1. The van der Waals surface area contributed by atoms with Crippen molar-refractivity contribution in [2.75, 3.05) is 19.0 Å². The summed E-state index contributed by atoms with van der Waals surface area (Å²) in [5, 5.41) is 24.1. The number of benzene rings is 3. The summed E-state index contributed by atoms with van der Waals surface area (Å²) in [5.41, 5.74) is 0.352. The highest BCUT2D eigenvalue weighted by Gasteiger charge is 2.20. The normalized spacial score (nSPS) is 10.8. The highest BCUT2D eigenvalue weighted by molar-refractivity contribution is 6.32. The lowest BCUT2D eigenvalue weighted by molar-refractivity contribution is -0.384. The van der Waals surface area contributed by atoms with Crippen molar-refractivity contribution in [1.29, 1.82) is 5.26 Å². The Labute approximate surface area is 222 Å². The Kier molecular flexibility index (Phi) is 9.33.